The lowest BCUT2D eigenvalue weighted by atomic mass is 9.92. The van der Waals surface area contributed by atoms with Gasteiger partial charge < -0.3 is 4.90 Å². The number of carbonyl (C=O) groups is 1. The first-order valence-corrected chi connectivity index (χ1v) is 8.17. The number of nitrogens with one attached hydrogen (secondary N) is 1. The molecule has 0 saturated carbocycles. The van der Waals surface area contributed by atoms with Crippen LogP contribution in [0.3, 0.4) is 0 Å². The SMILES string of the molecule is O=C(c1cncs1)N1CCC(c2[nH]nc3ncccc23)CC1. The van der Waals surface area contributed by atoms with Crippen molar-refractivity contribution in [1.82, 2.24) is 25.1 Å². The number of fused-ring (bicyclic) bond motifs is 1. The van der Waals surface area contributed by atoms with Gasteiger partial charge in [-0.05, 0) is 25.0 Å². The topological polar surface area (TPSA) is 74.8 Å². The Morgan fingerprint density at radius 3 is 3.00 bits per heavy atom. The third-order valence-corrected chi connectivity index (χ3v) is 4.95. The fourth-order valence-electron chi connectivity index (χ4n) is 3.03. The maximum absolute atomic E-state index is 12.3. The maximum Gasteiger partial charge on any atom is 0.265 e. The molecule has 1 saturated heterocycles. The van der Waals surface area contributed by atoms with Crippen LogP contribution in [0.2, 0.25) is 0 Å². The Labute approximate surface area is 131 Å². The monoisotopic (exact) mass is 313 g/mol. The van der Waals surface area contributed by atoms with Crippen molar-refractivity contribution in [2.24, 2.45) is 0 Å². The van der Waals surface area contributed by atoms with Crippen LogP contribution in [-0.4, -0.2) is 44.1 Å². The minimum atomic E-state index is 0.0945. The van der Waals surface area contributed by atoms with Gasteiger partial charge in [-0.3, -0.25) is 14.9 Å². The maximum atomic E-state index is 12.3. The Hall–Kier alpha value is -2.28. The molecular weight excluding hydrogens is 298 g/mol. The lowest BCUT2D eigenvalue weighted by Crippen LogP contribution is -2.37. The summed E-state index contributed by atoms with van der Waals surface area (Å²) in [5.74, 6) is 0.497. The fourth-order valence-corrected chi connectivity index (χ4v) is 3.62. The van der Waals surface area contributed by atoms with Crippen molar-refractivity contribution in [1.29, 1.82) is 0 Å². The number of likely N-dealkylation sites (tertiary alicyclic amines) is 1. The highest BCUT2D eigenvalue weighted by Crippen LogP contribution is 2.31. The Morgan fingerprint density at radius 1 is 1.36 bits per heavy atom. The molecule has 0 unspecified atom stereocenters. The van der Waals surface area contributed by atoms with E-state index < -0.39 is 0 Å². The Balaban J connectivity index is 1.49. The van der Waals surface area contributed by atoms with Gasteiger partial charge in [-0.15, -0.1) is 11.3 Å². The van der Waals surface area contributed by atoms with Gasteiger partial charge in [-0.1, -0.05) is 0 Å². The van der Waals surface area contributed by atoms with E-state index in [-0.39, 0.29) is 5.91 Å². The molecule has 1 amide bonds. The summed E-state index contributed by atoms with van der Waals surface area (Å²) in [6.07, 6.45) is 5.28. The van der Waals surface area contributed by atoms with Crippen molar-refractivity contribution in [3.05, 3.63) is 40.6 Å². The van der Waals surface area contributed by atoms with Crippen LogP contribution in [0.4, 0.5) is 0 Å². The number of piperidine rings is 1. The smallest absolute Gasteiger partial charge is 0.265 e. The van der Waals surface area contributed by atoms with Crippen molar-refractivity contribution in [2.45, 2.75) is 18.8 Å². The van der Waals surface area contributed by atoms with Gasteiger partial charge in [-0.25, -0.2) is 4.98 Å². The molecule has 1 aliphatic heterocycles. The lowest BCUT2D eigenvalue weighted by Gasteiger charge is -2.31. The largest absolute Gasteiger partial charge is 0.338 e. The zero-order valence-electron chi connectivity index (χ0n) is 11.9. The number of nitrogens with zero attached hydrogens (tertiary/aromatic N) is 4. The van der Waals surface area contributed by atoms with Crippen molar-refractivity contribution in [2.75, 3.05) is 13.1 Å². The molecule has 1 fully saturated rings. The minimum Gasteiger partial charge on any atom is -0.338 e. The van der Waals surface area contributed by atoms with Gasteiger partial charge >= 0.3 is 0 Å². The molecule has 3 aromatic heterocycles. The van der Waals surface area contributed by atoms with Crippen molar-refractivity contribution < 1.29 is 4.79 Å². The number of hydrogen-bond donors (Lipinski definition) is 1. The third-order valence-electron chi connectivity index (χ3n) is 4.19. The molecular formula is C15H15N5OS. The van der Waals surface area contributed by atoms with Crippen LogP contribution in [0.25, 0.3) is 11.0 Å². The number of H-pyrrole nitrogens is 1. The minimum absolute atomic E-state index is 0.0945. The Kier molecular flexibility index (Phi) is 3.34. The summed E-state index contributed by atoms with van der Waals surface area (Å²) >= 11 is 1.40. The molecule has 1 N–H and O–H groups in total. The number of thiazole rings is 1. The summed E-state index contributed by atoms with van der Waals surface area (Å²) in [4.78, 5) is 23.2. The first kappa shape index (κ1) is 13.4. The molecule has 0 aliphatic carbocycles. The van der Waals surface area contributed by atoms with Gasteiger partial charge in [-0.2, -0.15) is 5.10 Å². The van der Waals surface area contributed by atoms with Gasteiger partial charge in [0, 0.05) is 36.3 Å². The van der Waals surface area contributed by atoms with Gasteiger partial charge in [0.25, 0.3) is 5.91 Å². The molecule has 0 atom stereocenters. The summed E-state index contributed by atoms with van der Waals surface area (Å²) in [6.45, 7) is 1.53. The van der Waals surface area contributed by atoms with Gasteiger partial charge in [0.1, 0.15) is 4.88 Å². The van der Waals surface area contributed by atoms with Crippen LogP contribution in [-0.2, 0) is 0 Å². The molecule has 22 heavy (non-hydrogen) atoms. The van der Waals surface area contributed by atoms with E-state index in [0.29, 0.717) is 5.92 Å². The predicted molar refractivity (Wildman–Crippen MR) is 83.9 cm³/mol. The molecule has 4 rings (SSSR count). The van der Waals surface area contributed by atoms with E-state index in [0.717, 1.165) is 47.5 Å². The number of aromatic nitrogens is 4. The second-order valence-corrected chi connectivity index (χ2v) is 6.33. The van der Waals surface area contributed by atoms with E-state index in [9.17, 15) is 4.79 Å². The van der Waals surface area contributed by atoms with Gasteiger partial charge in [0.2, 0.25) is 0 Å². The average Bonchev–Trinajstić information content (AvgIpc) is 3.24. The van der Waals surface area contributed by atoms with Crippen molar-refractivity contribution in [3.8, 4) is 0 Å². The highest BCUT2D eigenvalue weighted by molar-refractivity contribution is 7.11. The zero-order chi connectivity index (χ0) is 14.9. The summed E-state index contributed by atoms with van der Waals surface area (Å²) < 4.78 is 0. The number of amides is 1. The first-order valence-electron chi connectivity index (χ1n) is 7.29. The number of pyridine rings is 1. The summed E-state index contributed by atoms with van der Waals surface area (Å²) in [6, 6.07) is 3.99. The van der Waals surface area contributed by atoms with E-state index in [2.05, 4.69) is 26.2 Å². The molecule has 1 aliphatic rings. The average molecular weight is 313 g/mol. The molecule has 0 bridgehead atoms. The van der Waals surface area contributed by atoms with E-state index in [1.54, 1.807) is 17.9 Å². The quantitative estimate of drug-likeness (QED) is 0.788. The number of carbonyl (C=O) groups excluding carboxylic acids is 1. The Morgan fingerprint density at radius 2 is 2.23 bits per heavy atom. The fraction of sp³-hybridized carbons (Fsp3) is 0.333. The second kappa shape index (κ2) is 5.49. The molecule has 7 heteroatoms. The Bertz CT molecular complexity index is 789. The first-order chi connectivity index (χ1) is 10.8. The molecule has 4 heterocycles. The molecule has 0 spiro atoms. The zero-order valence-corrected chi connectivity index (χ0v) is 12.7. The highest BCUT2D eigenvalue weighted by Gasteiger charge is 2.27. The van der Waals surface area contributed by atoms with Crippen molar-refractivity contribution >= 4 is 28.3 Å². The van der Waals surface area contributed by atoms with Gasteiger partial charge in [0.15, 0.2) is 5.65 Å². The number of rotatable bonds is 2. The molecule has 3 aromatic rings. The molecule has 112 valence electrons. The number of hydrogen-bond acceptors (Lipinski definition) is 5. The number of aromatic amines is 1. The third kappa shape index (κ3) is 2.27. The summed E-state index contributed by atoms with van der Waals surface area (Å²) in [5.41, 5.74) is 3.61. The van der Waals surface area contributed by atoms with E-state index in [4.69, 9.17) is 0 Å². The van der Waals surface area contributed by atoms with E-state index >= 15 is 0 Å². The van der Waals surface area contributed by atoms with Crippen LogP contribution in [0.1, 0.15) is 34.1 Å². The summed E-state index contributed by atoms with van der Waals surface area (Å²) in [5, 5.41) is 8.49. The predicted octanol–water partition coefficient (Wildman–Crippen LogP) is 2.43. The normalized spacial score (nSPS) is 16.3. The van der Waals surface area contributed by atoms with Crippen LogP contribution < -0.4 is 0 Å². The van der Waals surface area contributed by atoms with E-state index in [1.165, 1.54) is 11.3 Å². The standard InChI is InChI=1S/C15H15N5OS/c21-15(12-8-16-9-22-12)20-6-3-10(4-7-20)13-11-2-1-5-17-14(11)19-18-13/h1-2,5,8-10H,3-4,6-7H2,(H,17,18,19). The van der Waals surface area contributed by atoms with Crippen molar-refractivity contribution in [3.63, 3.8) is 0 Å². The van der Waals surface area contributed by atoms with Crippen LogP contribution >= 0.6 is 11.3 Å². The second-order valence-electron chi connectivity index (χ2n) is 5.44. The van der Waals surface area contributed by atoms with Crippen LogP contribution in [0.15, 0.2) is 30.0 Å². The summed E-state index contributed by atoms with van der Waals surface area (Å²) in [7, 11) is 0. The van der Waals surface area contributed by atoms with Gasteiger partial charge in [0.05, 0.1) is 11.7 Å². The molecule has 6 nitrogen and oxygen atoms in total. The van der Waals surface area contributed by atoms with Crippen LogP contribution in [0, 0.1) is 0 Å². The molecule has 0 radical (unpaired) electrons. The van der Waals surface area contributed by atoms with Crippen LogP contribution in [0.5, 0.6) is 0 Å². The molecule has 0 aromatic carbocycles. The lowest BCUT2D eigenvalue weighted by molar-refractivity contribution is 0.0717. The van der Waals surface area contributed by atoms with E-state index in [1.807, 2.05) is 11.0 Å². The highest BCUT2D eigenvalue weighted by atomic mass is 32.1.